The molecule has 0 saturated heterocycles. The van der Waals surface area contributed by atoms with Crippen LogP contribution in [0.15, 0.2) is 0 Å². The van der Waals surface area contributed by atoms with E-state index >= 15 is 0 Å². The van der Waals surface area contributed by atoms with Gasteiger partial charge in [0.15, 0.2) is 0 Å². The van der Waals surface area contributed by atoms with Crippen LogP contribution >= 0.6 is 0 Å². The molecule has 0 spiro atoms. The third-order valence-electron chi connectivity index (χ3n) is 3.67. The molecule has 1 N–H and O–H groups in total. The van der Waals surface area contributed by atoms with Gasteiger partial charge in [0.05, 0.1) is 18.3 Å². The number of rotatable bonds is 4. The lowest BCUT2D eigenvalue weighted by molar-refractivity contribution is -0.121. The van der Waals surface area contributed by atoms with Gasteiger partial charge in [-0.2, -0.15) is 0 Å². The highest BCUT2D eigenvalue weighted by Gasteiger charge is 2.30. The maximum absolute atomic E-state index is 9.18. The van der Waals surface area contributed by atoms with Gasteiger partial charge < -0.3 is 9.84 Å². The zero-order chi connectivity index (χ0) is 11.5. The van der Waals surface area contributed by atoms with Crippen LogP contribution in [-0.4, -0.2) is 23.4 Å². The second-order valence-electron chi connectivity index (χ2n) is 5.67. The molecule has 0 amide bonds. The Morgan fingerprint density at radius 2 is 1.93 bits per heavy atom. The highest BCUT2D eigenvalue weighted by atomic mass is 16.5. The average Bonchev–Trinajstić information content (AvgIpc) is 2.17. The summed E-state index contributed by atoms with van der Waals surface area (Å²) in [5.74, 6) is 1.44. The molecule has 2 nitrogen and oxygen atoms in total. The fourth-order valence-corrected chi connectivity index (χ4v) is 2.67. The summed E-state index contributed by atoms with van der Waals surface area (Å²) >= 11 is 0. The van der Waals surface area contributed by atoms with Gasteiger partial charge in [-0.1, -0.05) is 26.2 Å². The Morgan fingerprint density at radius 3 is 2.47 bits per heavy atom. The quantitative estimate of drug-likeness (QED) is 0.779. The summed E-state index contributed by atoms with van der Waals surface area (Å²) < 4.78 is 5.95. The second-order valence-corrected chi connectivity index (χ2v) is 5.67. The maximum atomic E-state index is 9.18. The molecule has 1 aliphatic rings. The SMILES string of the molecule is CC1CCCCC1C(C)OC(C)(C)CO. The molecule has 0 radical (unpaired) electrons. The van der Waals surface area contributed by atoms with E-state index in [4.69, 9.17) is 4.74 Å². The van der Waals surface area contributed by atoms with Gasteiger partial charge in [0.25, 0.3) is 0 Å². The van der Waals surface area contributed by atoms with Gasteiger partial charge in [-0.25, -0.2) is 0 Å². The predicted molar refractivity (Wildman–Crippen MR) is 62.8 cm³/mol. The molecule has 0 aromatic heterocycles. The molecule has 3 atom stereocenters. The van der Waals surface area contributed by atoms with E-state index in [0.29, 0.717) is 5.92 Å². The van der Waals surface area contributed by atoms with Crippen LogP contribution in [0.3, 0.4) is 0 Å². The Bertz CT molecular complexity index is 189. The summed E-state index contributed by atoms with van der Waals surface area (Å²) in [5, 5.41) is 9.18. The van der Waals surface area contributed by atoms with Gasteiger partial charge in [0, 0.05) is 0 Å². The standard InChI is InChI=1S/C13H26O2/c1-10-7-5-6-8-12(10)11(2)15-13(3,4)9-14/h10-12,14H,5-9H2,1-4H3. The van der Waals surface area contributed by atoms with Crippen molar-refractivity contribution >= 4 is 0 Å². The molecular weight excluding hydrogens is 188 g/mol. The van der Waals surface area contributed by atoms with Crippen molar-refractivity contribution in [2.24, 2.45) is 11.8 Å². The van der Waals surface area contributed by atoms with Gasteiger partial charge in [0.2, 0.25) is 0 Å². The number of hydrogen-bond donors (Lipinski definition) is 1. The van der Waals surface area contributed by atoms with E-state index in [-0.39, 0.29) is 12.7 Å². The molecule has 1 rings (SSSR count). The molecule has 2 heteroatoms. The number of hydrogen-bond acceptors (Lipinski definition) is 2. The van der Waals surface area contributed by atoms with E-state index in [0.717, 1.165) is 5.92 Å². The van der Waals surface area contributed by atoms with Gasteiger partial charge >= 0.3 is 0 Å². The van der Waals surface area contributed by atoms with Gasteiger partial charge in [0.1, 0.15) is 0 Å². The maximum Gasteiger partial charge on any atom is 0.0859 e. The molecule has 1 fully saturated rings. The third-order valence-corrected chi connectivity index (χ3v) is 3.67. The Labute approximate surface area is 94.0 Å². The minimum absolute atomic E-state index is 0.0957. The van der Waals surface area contributed by atoms with Crippen LogP contribution in [0, 0.1) is 11.8 Å². The summed E-state index contributed by atoms with van der Waals surface area (Å²) in [6, 6.07) is 0. The van der Waals surface area contributed by atoms with Gasteiger partial charge in [-0.05, 0) is 39.0 Å². The minimum atomic E-state index is -0.392. The molecule has 0 heterocycles. The van der Waals surface area contributed by atoms with E-state index < -0.39 is 5.60 Å². The van der Waals surface area contributed by atoms with E-state index in [1.807, 2.05) is 13.8 Å². The van der Waals surface area contributed by atoms with Crippen molar-refractivity contribution < 1.29 is 9.84 Å². The molecular formula is C13H26O2. The van der Waals surface area contributed by atoms with Crippen LogP contribution in [0.25, 0.3) is 0 Å². The molecule has 1 saturated carbocycles. The van der Waals surface area contributed by atoms with Crippen LogP contribution in [-0.2, 0) is 4.74 Å². The Kier molecular flexibility index (Phi) is 4.60. The fourth-order valence-electron chi connectivity index (χ4n) is 2.67. The van der Waals surface area contributed by atoms with Crippen molar-refractivity contribution in [3.05, 3.63) is 0 Å². The van der Waals surface area contributed by atoms with Crippen LogP contribution in [0.5, 0.6) is 0 Å². The lowest BCUT2D eigenvalue weighted by Crippen LogP contribution is -2.38. The first-order valence-electron chi connectivity index (χ1n) is 6.25. The van der Waals surface area contributed by atoms with E-state index in [1.54, 1.807) is 0 Å². The number of aliphatic hydroxyl groups excluding tert-OH is 1. The topological polar surface area (TPSA) is 29.5 Å². The van der Waals surface area contributed by atoms with Gasteiger partial charge in [-0.3, -0.25) is 0 Å². The van der Waals surface area contributed by atoms with Crippen molar-refractivity contribution in [1.82, 2.24) is 0 Å². The van der Waals surface area contributed by atoms with Gasteiger partial charge in [-0.15, -0.1) is 0 Å². The van der Waals surface area contributed by atoms with Crippen molar-refractivity contribution in [2.75, 3.05) is 6.61 Å². The first-order valence-corrected chi connectivity index (χ1v) is 6.25. The van der Waals surface area contributed by atoms with Crippen molar-refractivity contribution in [2.45, 2.75) is 65.1 Å². The first-order chi connectivity index (χ1) is 6.96. The lowest BCUT2D eigenvalue weighted by atomic mass is 9.77. The van der Waals surface area contributed by atoms with E-state index in [9.17, 15) is 5.11 Å². The molecule has 0 aromatic carbocycles. The largest absolute Gasteiger partial charge is 0.393 e. The lowest BCUT2D eigenvalue weighted by Gasteiger charge is -2.37. The summed E-state index contributed by atoms with van der Waals surface area (Å²) in [6.07, 6.45) is 5.58. The average molecular weight is 214 g/mol. The molecule has 1 aliphatic carbocycles. The Morgan fingerprint density at radius 1 is 1.33 bits per heavy atom. The molecule has 0 aliphatic heterocycles. The van der Waals surface area contributed by atoms with E-state index in [1.165, 1.54) is 25.7 Å². The summed E-state index contributed by atoms with van der Waals surface area (Å²) in [7, 11) is 0. The Hall–Kier alpha value is -0.0800. The first kappa shape index (κ1) is 13.0. The van der Waals surface area contributed by atoms with Crippen molar-refractivity contribution in [3.8, 4) is 0 Å². The monoisotopic (exact) mass is 214 g/mol. The summed E-state index contributed by atoms with van der Waals surface area (Å²) in [5.41, 5.74) is -0.392. The predicted octanol–water partition coefficient (Wildman–Crippen LogP) is 2.99. The molecule has 0 bridgehead atoms. The van der Waals surface area contributed by atoms with Crippen molar-refractivity contribution in [1.29, 1.82) is 0 Å². The highest BCUT2D eigenvalue weighted by molar-refractivity contribution is 4.79. The van der Waals surface area contributed by atoms with Crippen LogP contribution < -0.4 is 0 Å². The van der Waals surface area contributed by atoms with Crippen LogP contribution in [0.2, 0.25) is 0 Å². The summed E-state index contributed by atoms with van der Waals surface area (Å²) in [6.45, 7) is 8.49. The highest BCUT2D eigenvalue weighted by Crippen LogP contribution is 2.34. The summed E-state index contributed by atoms with van der Waals surface area (Å²) in [4.78, 5) is 0. The molecule has 0 aromatic rings. The molecule has 3 unspecified atom stereocenters. The van der Waals surface area contributed by atoms with E-state index in [2.05, 4.69) is 13.8 Å². The molecule has 90 valence electrons. The number of aliphatic hydroxyl groups is 1. The Balaban J connectivity index is 2.48. The fraction of sp³-hybridized carbons (Fsp3) is 1.00. The van der Waals surface area contributed by atoms with Crippen LogP contribution in [0.1, 0.15) is 53.4 Å². The molecule has 15 heavy (non-hydrogen) atoms. The minimum Gasteiger partial charge on any atom is -0.393 e. The van der Waals surface area contributed by atoms with Crippen molar-refractivity contribution in [3.63, 3.8) is 0 Å². The smallest absolute Gasteiger partial charge is 0.0859 e. The normalized spacial score (nSPS) is 30.2. The van der Waals surface area contributed by atoms with Crippen LogP contribution in [0.4, 0.5) is 0 Å². The zero-order valence-electron chi connectivity index (χ0n) is 10.6. The second kappa shape index (κ2) is 5.31. The third kappa shape index (κ3) is 3.76. The number of ether oxygens (including phenoxy) is 1. The zero-order valence-corrected chi connectivity index (χ0v) is 10.6.